The van der Waals surface area contributed by atoms with Crippen molar-refractivity contribution in [3.05, 3.63) is 92.7 Å². The van der Waals surface area contributed by atoms with E-state index < -0.39 is 45.5 Å². The first-order chi connectivity index (χ1) is 19.5. The van der Waals surface area contributed by atoms with Gasteiger partial charge in [-0.05, 0) is 59.9 Å². The monoisotopic (exact) mass is 607 g/mol. The number of fused-ring (bicyclic) bond motifs is 1. The lowest BCUT2D eigenvalue weighted by Gasteiger charge is -2.30. The zero-order chi connectivity index (χ0) is 29.4. The van der Waals surface area contributed by atoms with Crippen molar-refractivity contribution in [2.45, 2.75) is 50.0 Å². The van der Waals surface area contributed by atoms with E-state index in [4.69, 9.17) is 38.6 Å². The van der Waals surface area contributed by atoms with Crippen molar-refractivity contribution in [3.8, 4) is 0 Å². The smallest absolute Gasteiger partial charge is 0.389 e. The highest BCUT2D eigenvalue weighted by atomic mass is 35.5. The Morgan fingerprint density at radius 2 is 1.90 bits per heavy atom. The maximum atomic E-state index is 14.6. The Balaban J connectivity index is 1.55. The summed E-state index contributed by atoms with van der Waals surface area (Å²) in [6.07, 6.45) is 2.41. The van der Waals surface area contributed by atoms with E-state index >= 15 is 0 Å². The molecule has 6 nitrogen and oxygen atoms in total. The molecule has 0 saturated carbocycles. The molecule has 0 aromatic heterocycles. The Hall–Kier alpha value is -3.63. The molecule has 41 heavy (non-hydrogen) atoms. The van der Waals surface area contributed by atoms with Gasteiger partial charge in [-0.1, -0.05) is 63.9 Å². The molecule has 0 fully saturated rings. The number of benzene rings is 3. The first kappa shape index (κ1) is 28.9. The standard InChI is InChI=1S/C29H23Cl2F4N3O3/c30-22-13-17(14-23(31)26(22)32)28(29(33,34)35)15-24(38-41-28)21-12-16(10-11-37-40-18-6-2-1-3-7-18)25(27(36)39)20-9-5-4-8-19(20)21/h2,4-6,8-9,11-14,18H,1,3,7,10,15H2,(H2,36,39). The highest BCUT2D eigenvalue weighted by Crippen LogP contribution is 2.50. The third-order valence-corrected chi connectivity index (χ3v) is 7.66. The van der Waals surface area contributed by atoms with Gasteiger partial charge in [-0.3, -0.25) is 4.79 Å². The number of allylic oxidation sites excluding steroid dienone is 1. The Bertz CT molecular complexity index is 1580. The molecule has 12 heteroatoms. The minimum Gasteiger partial charge on any atom is -0.389 e. The number of halogens is 6. The first-order valence-corrected chi connectivity index (χ1v) is 13.4. The Kier molecular flexibility index (Phi) is 7.98. The van der Waals surface area contributed by atoms with Crippen LogP contribution in [0.15, 0.2) is 64.9 Å². The zero-order valence-corrected chi connectivity index (χ0v) is 22.9. The molecule has 2 atom stereocenters. The number of rotatable bonds is 7. The number of nitrogens with zero attached hydrogens (tertiary/aromatic N) is 2. The summed E-state index contributed by atoms with van der Waals surface area (Å²) in [7, 11) is 0. The number of nitrogens with two attached hydrogens (primary N) is 1. The number of oxime groups is 2. The first-order valence-electron chi connectivity index (χ1n) is 12.7. The van der Waals surface area contributed by atoms with Crippen LogP contribution in [0.3, 0.4) is 0 Å². The topological polar surface area (TPSA) is 86.3 Å². The summed E-state index contributed by atoms with van der Waals surface area (Å²) in [5.74, 6) is -1.76. The van der Waals surface area contributed by atoms with Crippen LogP contribution in [0.1, 0.15) is 52.7 Å². The minimum absolute atomic E-state index is 0.0482. The summed E-state index contributed by atoms with van der Waals surface area (Å²) in [4.78, 5) is 23.2. The number of carbonyl (C=O) groups excluding carboxylic acids is 1. The van der Waals surface area contributed by atoms with Crippen LogP contribution in [0.25, 0.3) is 10.8 Å². The second-order valence-electron chi connectivity index (χ2n) is 9.75. The van der Waals surface area contributed by atoms with Gasteiger partial charge in [0, 0.05) is 30.2 Å². The van der Waals surface area contributed by atoms with E-state index in [-0.39, 0.29) is 23.8 Å². The van der Waals surface area contributed by atoms with Crippen LogP contribution < -0.4 is 5.73 Å². The van der Waals surface area contributed by atoms with Gasteiger partial charge in [0.2, 0.25) is 5.91 Å². The number of hydrogen-bond donors (Lipinski definition) is 1. The normalized spacial score (nSPS) is 20.8. The molecule has 1 heterocycles. The molecule has 2 N–H and O–H groups in total. The molecule has 0 bridgehead atoms. The fourth-order valence-corrected chi connectivity index (χ4v) is 5.57. The summed E-state index contributed by atoms with van der Waals surface area (Å²) in [6.45, 7) is 0. The second-order valence-corrected chi connectivity index (χ2v) is 10.6. The zero-order valence-electron chi connectivity index (χ0n) is 21.4. The van der Waals surface area contributed by atoms with Crippen LogP contribution in [0.2, 0.25) is 10.0 Å². The van der Waals surface area contributed by atoms with Gasteiger partial charge < -0.3 is 15.4 Å². The molecule has 0 radical (unpaired) electrons. The summed E-state index contributed by atoms with van der Waals surface area (Å²) in [5.41, 5.74) is 3.13. The van der Waals surface area contributed by atoms with E-state index in [9.17, 15) is 22.4 Å². The molecule has 2 unspecified atom stereocenters. The highest BCUT2D eigenvalue weighted by molar-refractivity contribution is 6.35. The maximum Gasteiger partial charge on any atom is 0.435 e. The van der Waals surface area contributed by atoms with Crippen molar-refractivity contribution in [2.24, 2.45) is 16.0 Å². The van der Waals surface area contributed by atoms with Crippen LogP contribution in [0.5, 0.6) is 0 Å². The molecule has 0 spiro atoms. The maximum absolute atomic E-state index is 14.6. The third kappa shape index (κ3) is 5.50. The van der Waals surface area contributed by atoms with Gasteiger partial charge in [-0.15, -0.1) is 0 Å². The molecular formula is C29H23Cl2F4N3O3. The van der Waals surface area contributed by atoms with E-state index in [2.05, 4.69) is 10.3 Å². The fourth-order valence-electron chi connectivity index (χ4n) is 5.09. The average Bonchev–Trinajstić information content (AvgIpc) is 3.40. The lowest BCUT2D eigenvalue weighted by Crippen LogP contribution is -2.42. The average molecular weight is 608 g/mol. The van der Waals surface area contributed by atoms with Crippen molar-refractivity contribution in [1.82, 2.24) is 0 Å². The lowest BCUT2D eigenvalue weighted by atomic mass is 9.84. The van der Waals surface area contributed by atoms with Gasteiger partial charge in [0.15, 0.2) is 5.82 Å². The SMILES string of the molecule is NC(=O)c1c(CC=NOC2C=CCCC2)cc(C2=NOC(c3cc(Cl)c(F)c(Cl)c3)(C(F)(F)F)C2)c2ccccc12. The molecule has 214 valence electrons. The van der Waals surface area contributed by atoms with Crippen LogP contribution >= 0.6 is 23.2 Å². The lowest BCUT2D eigenvalue weighted by molar-refractivity contribution is -0.275. The Morgan fingerprint density at radius 3 is 2.54 bits per heavy atom. The Labute approximate surface area is 242 Å². The number of hydrogen-bond acceptors (Lipinski definition) is 5. The van der Waals surface area contributed by atoms with Gasteiger partial charge in [0.25, 0.3) is 5.60 Å². The van der Waals surface area contributed by atoms with Crippen molar-refractivity contribution < 1.29 is 32.0 Å². The van der Waals surface area contributed by atoms with Crippen LogP contribution in [0, 0.1) is 5.82 Å². The van der Waals surface area contributed by atoms with Gasteiger partial charge >= 0.3 is 6.18 Å². The predicted molar refractivity (Wildman–Crippen MR) is 149 cm³/mol. The van der Waals surface area contributed by atoms with E-state index in [1.54, 1.807) is 30.3 Å². The number of primary amides is 1. The van der Waals surface area contributed by atoms with Crippen molar-refractivity contribution in [3.63, 3.8) is 0 Å². The number of carbonyl (C=O) groups is 1. The van der Waals surface area contributed by atoms with Crippen LogP contribution in [-0.2, 0) is 21.7 Å². The molecule has 1 aliphatic heterocycles. The van der Waals surface area contributed by atoms with Gasteiger partial charge in [-0.2, -0.15) is 13.2 Å². The van der Waals surface area contributed by atoms with Gasteiger partial charge in [0.1, 0.15) is 6.10 Å². The number of alkyl halides is 3. The van der Waals surface area contributed by atoms with E-state index in [0.717, 1.165) is 31.4 Å². The molecule has 1 amide bonds. The minimum atomic E-state index is -4.98. The number of amides is 1. The molecule has 2 aliphatic rings. The van der Waals surface area contributed by atoms with Crippen LogP contribution in [0.4, 0.5) is 17.6 Å². The van der Waals surface area contributed by atoms with Crippen molar-refractivity contribution >= 4 is 51.8 Å². The molecule has 3 aromatic rings. The Morgan fingerprint density at radius 1 is 1.20 bits per heavy atom. The molecule has 5 rings (SSSR count). The molecule has 3 aromatic carbocycles. The van der Waals surface area contributed by atoms with E-state index in [1.807, 2.05) is 12.2 Å². The highest BCUT2D eigenvalue weighted by Gasteiger charge is 2.62. The molecule has 1 aliphatic carbocycles. The summed E-state index contributed by atoms with van der Waals surface area (Å²) >= 11 is 11.7. The quantitative estimate of drug-likeness (QED) is 0.0985. The summed E-state index contributed by atoms with van der Waals surface area (Å²) in [5, 5.41) is 7.57. The molecule has 0 saturated heterocycles. The molecular weight excluding hydrogens is 585 g/mol. The summed E-state index contributed by atoms with van der Waals surface area (Å²) < 4.78 is 57.8. The predicted octanol–water partition coefficient (Wildman–Crippen LogP) is 7.62. The second kappa shape index (κ2) is 11.3. The largest absolute Gasteiger partial charge is 0.435 e. The van der Waals surface area contributed by atoms with Crippen molar-refractivity contribution in [2.75, 3.05) is 0 Å². The van der Waals surface area contributed by atoms with E-state index in [1.165, 1.54) is 6.21 Å². The fraction of sp³-hybridized carbons (Fsp3) is 0.276. The van der Waals surface area contributed by atoms with E-state index in [0.29, 0.717) is 21.9 Å². The summed E-state index contributed by atoms with van der Waals surface area (Å²) in [6, 6.07) is 9.86. The van der Waals surface area contributed by atoms with Gasteiger partial charge in [-0.25, -0.2) is 4.39 Å². The van der Waals surface area contributed by atoms with Crippen LogP contribution in [-0.4, -0.2) is 30.1 Å². The van der Waals surface area contributed by atoms with Crippen molar-refractivity contribution in [1.29, 1.82) is 0 Å². The third-order valence-electron chi connectivity index (χ3n) is 7.11. The van der Waals surface area contributed by atoms with Gasteiger partial charge in [0.05, 0.1) is 21.3 Å².